The standard InChI is InChI=1S/C20H32N2O2.ClH/c1-14(11-22-12-15(2)24-16(3)13-22)19(21-23)17-7-9-18(10-8-17)20(4,5)6;/h7-10,14-16,23H,11-13H2,1-6H3;1H. The van der Waals surface area contributed by atoms with Crippen molar-refractivity contribution in [3.8, 4) is 0 Å². The number of benzene rings is 1. The third-order valence-corrected chi connectivity index (χ3v) is 4.65. The Balaban J connectivity index is 0.00000312. The van der Waals surface area contributed by atoms with Gasteiger partial charge in [-0.25, -0.2) is 0 Å². The summed E-state index contributed by atoms with van der Waals surface area (Å²) in [5, 5.41) is 13.2. The first-order valence-corrected chi connectivity index (χ1v) is 8.91. The Morgan fingerprint density at radius 2 is 1.72 bits per heavy atom. The maximum Gasteiger partial charge on any atom is 0.0908 e. The molecule has 4 nitrogen and oxygen atoms in total. The summed E-state index contributed by atoms with van der Waals surface area (Å²) in [5.74, 6) is 0.160. The molecule has 5 heteroatoms. The molecule has 1 heterocycles. The van der Waals surface area contributed by atoms with Gasteiger partial charge in [-0.05, 0) is 30.4 Å². The molecule has 3 atom stereocenters. The van der Waals surface area contributed by atoms with Crippen LogP contribution in [0.5, 0.6) is 0 Å². The number of rotatable bonds is 4. The Morgan fingerprint density at radius 1 is 1.20 bits per heavy atom. The van der Waals surface area contributed by atoms with Gasteiger partial charge < -0.3 is 9.94 Å². The van der Waals surface area contributed by atoms with E-state index in [2.05, 4.69) is 75.9 Å². The highest BCUT2D eigenvalue weighted by Gasteiger charge is 2.25. The minimum Gasteiger partial charge on any atom is -0.411 e. The summed E-state index contributed by atoms with van der Waals surface area (Å²) in [6.45, 7) is 15.7. The molecule has 0 aromatic heterocycles. The highest BCUT2D eigenvalue weighted by Crippen LogP contribution is 2.23. The molecule has 0 amide bonds. The molecular formula is C20H33ClN2O2. The zero-order chi connectivity index (χ0) is 17.9. The Hall–Kier alpha value is -1.10. The van der Waals surface area contributed by atoms with Crippen molar-refractivity contribution in [1.29, 1.82) is 0 Å². The molecule has 1 aromatic carbocycles. The fourth-order valence-electron chi connectivity index (χ4n) is 3.49. The third-order valence-electron chi connectivity index (χ3n) is 4.65. The van der Waals surface area contributed by atoms with E-state index in [0.717, 1.165) is 30.9 Å². The van der Waals surface area contributed by atoms with E-state index in [4.69, 9.17) is 4.74 Å². The molecule has 1 N–H and O–H groups in total. The molecule has 0 saturated carbocycles. The minimum atomic E-state index is 0. The predicted molar refractivity (Wildman–Crippen MR) is 106 cm³/mol. The van der Waals surface area contributed by atoms with Crippen LogP contribution in [0.3, 0.4) is 0 Å². The van der Waals surface area contributed by atoms with Gasteiger partial charge in [-0.15, -0.1) is 12.4 Å². The van der Waals surface area contributed by atoms with Gasteiger partial charge in [0.2, 0.25) is 0 Å². The van der Waals surface area contributed by atoms with E-state index in [1.807, 2.05) is 0 Å². The molecule has 2 rings (SSSR count). The van der Waals surface area contributed by atoms with Gasteiger partial charge in [-0.1, -0.05) is 57.1 Å². The SMILES string of the molecule is CC1CN(CC(C)C(=NO)c2ccc(C(C)(C)C)cc2)CC(C)O1.Cl. The second-order valence-electron chi connectivity index (χ2n) is 8.19. The van der Waals surface area contributed by atoms with Crippen LogP contribution in [0, 0.1) is 5.92 Å². The second kappa shape index (κ2) is 9.02. The Kier molecular flexibility index (Phi) is 7.91. The zero-order valence-electron chi connectivity index (χ0n) is 16.3. The molecule has 1 saturated heterocycles. The van der Waals surface area contributed by atoms with E-state index in [0.29, 0.717) is 0 Å². The third kappa shape index (κ3) is 5.98. The molecule has 0 bridgehead atoms. The van der Waals surface area contributed by atoms with Gasteiger partial charge in [0, 0.05) is 25.6 Å². The minimum absolute atomic E-state index is 0. The number of oxime groups is 1. The van der Waals surface area contributed by atoms with Crippen LogP contribution >= 0.6 is 12.4 Å². The molecule has 0 radical (unpaired) electrons. The zero-order valence-corrected chi connectivity index (χ0v) is 17.1. The fourth-order valence-corrected chi connectivity index (χ4v) is 3.49. The molecule has 0 aliphatic carbocycles. The highest BCUT2D eigenvalue weighted by atomic mass is 35.5. The van der Waals surface area contributed by atoms with Crippen molar-refractivity contribution < 1.29 is 9.94 Å². The van der Waals surface area contributed by atoms with Gasteiger partial charge >= 0.3 is 0 Å². The molecular weight excluding hydrogens is 336 g/mol. The summed E-state index contributed by atoms with van der Waals surface area (Å²) in [5.41, 5.74) is 3.16. The van der Waals surface area contributed by atoms with Crippen LogP contribution in [0.25, 0.3) is 0 Å². The molecule has 3 unspecified atom stereocenters. The Labute approximate surface area is 158 Å². The van der Waals surface area contributed by atoms with Crippen LogP contribution in [-0.2, 0) is 10.2 Å². The van der Waals surface area contributed by atoms with Crippen molar-refractivity contribution in [3.05, 3.63) is 35.4 Å². The highest BCUT2D eigenvalue weighted by molar-refractivity contribution is 6.01. The van der Waals surface area contributed by atoms with E-state index < -0.39 is 0 Å². The lowest BCUT2D eigenvalue weighted by Crippen LogP contribution is -2.47. The first kappa shape index (κ1) is 21.9. The van der Waals surface area contributed by atoms with E-state index in [1.54, 1.807) is 0 Å². The van der Waals surface area contributed by atoms with Crippen LogP contribution in [0.2, 0.25) is 0 Å². The quantitative estimate of drug-likeness (QED) is 0.488. The van der Waals surface area contributed by atoms with Gasteiger partial charge in [0.25, 0.3) is 0 Å². The van der Waals surface area contributed by atoms with Crippen molar-refractivity contribution in [2.45, 2.75) is 59.2 Å². The average Bonchev–Trinajstić information content (AvgIpc) is 2.46. The number of hydrogen-bond donors (Lipinski definition) is 1. The number of nitrogens with zero attached hydrogens (tertiary/aromatic N) is 2. The van der Waals surface area contributed by atoms with Crippen LogP contribution in [0.15, 0.2) is 29.4 Å². The van der Waals surface area contributed by atoms with E-state index in [-0.39, 0.29) is 35.9 Å². The van der Waals surface area contributed by atoms with Gasteiger partial charge in [0.1, 0.15) is 0 Å². The summed E-state index contributed by atoms with van der Waals surface area (Å²) < 4.78 is 5.79. The normalized spacial score (nSPS) is 23.8. The van der Waals surface area contributed by atoms with Gasteiger partial charge in [0.05, 0.1) is 17.9 Å². The summed E-state index contributed by atoms with van der Waals surface area (Å²) in [7, 11) is 0. The van der Waals surface area contributed by atoms with Crippen LogP contribution in [0.4, 0.5) is 0 Å². The van der Waals surface area contributed by atoms with E-state index >= 15 is 0 Å². The monoisotopic (exact) mass is 368 g/mol. The Morgan fingerprint density at radius 3 is 2.16 bits per heavy atom. The summed E-state index contributed by atoms with van der Waals surface area (Å²) >= 11 is 0. The summed E-state index contributed by atoms with van der Waals surface area (Å²) in [6, 6.07) is 8.39. The maximum absolute atomic E-state index is 9.56. The topological polar surface area (TPSA) is 45.1 Å². The number of hydrogen-bond acceptors (Lipinski definition) is 4. The van der Waals surface area contributed by atoms with E-state index in [1.165, 1.54) is 5.56 Å². The van der Waals surface area contributed by atoms with Gasteiger partial charge in [-0.3, -0.25) is 4.90 Å². The second-order valence-corrected chi connectivity index (χ2v) is 8.19. The van der Waals surface area contributed by atoms with Crippen LogP contribution in [0.1, 0.15) is 52.7 Å². The molecule has 0 spiro atoms. The first-order chi connectivity index (χ1) is 11.2. The average molecular weight is 369 g/mol. The van der Waals surface area contributed by atoms with Crippen molar-refractivity contribution in [1.82, 2.24) is 4.90 Å². The number of halogens is 1. The van der Waals surface area contributed by atoms with Gasteiger partial charge in [-0.2, -0.15) is 0 Å². The van der Waals surface area contributed by atoms with Crippen molar-refractivity contribution in [3.63, 3.8) is 0 Å². The smallest absolute Gasteiger partial charge is 0.0908 e. The lowest BCUT2D eigenvalue weighted by molar-refractivity contribution is -0.0693. The van der Waals surface area contributed by atoms with Crippen molar-refractivity contribution >= 4 is 18.1 Å². The molecule has 1 aliphatic heterocycles. The first-order valence-electron chi connectivity index (χ1n) is 8.91. The molecule has 25 heavy (non-hydrogen) atoms. The van der Waals surface area contributed by atoms with Crippen LogP contribution in [-0.4, -0.2) is 47.7 Å². The predicted octanol–water partition coefficient (Wildman–Crippen LogP) is 4.33. The fraction of sp³-hybridized carbons (Fsp3) is 0.650. The van der Waals surface area contributed by atoms with Gasteiger partial charge in [0.15, 0.2) is 0 Å². The lowest BCUT2D eigenvalue weighted by Gasteiger charge is -2.36. The Bertz CT molecular complexity index is 556. The van der Waals surface area contributed by atoms with Crippen molar-refractivity contribution in [2.75, 3.05) is 19.6 Å². The molecule has 1 aliphatic rings. The summed E-state index contributed by atoms with van der Waals surface area (Å²) in [4.78, 5) is 2.40. The van der Waals surface area contributed by atoms with E-state index in [9.17, 15) is 5.21 Å². The molecule has 142 valence electrons. The van der Waals surface area contributed by atoms with Crippen LogP contribution < -0.4 is 0 Å². The number of morpholine rings is 1. The molecule has 1 fully saturated rings. The summed E-state index contributed by atoms with van der Waals surface area (Å²) in [6.07, 6.45) is 0.503. The number of ether oxygens (including phenoxy) is 1. The largest absolute Gasteiger partial charge is 0.411 e. The lowest BCUT2D eigenvalue weighted by atomic mass is 9.86. The van der Waals surface area contributed by atoms with Crippen molar-refractivity contribution in [2.24, 2.45) is 11.1 Å². The maximum atomic E-state index is 9.56. The molecule has 1 aromatic rings.